The maximum absolute atomic E-state index is 5.96. The Bertz CT molecular complexity index is 401. The molecule has 1 rings (SSSR count). The van der Waals surface area contributed by atoms with E-state index in [0.29, 0.717) is 6.61 Å². The average Bonchev–Trinajstić information content (AvgIpc) is 2.27. The molecule has 0 aliphatic heterocycles. The number of halogens is 1. The summed E-state index contributed by atoms with van der Waals surface area (Å²) in [5.74, 6) is 0. The van der Waals surface area contributed by atoms with Crippen LogP contribution in [0.1, 0.15) is 38.3 Å². The van der Waals surface area contributed by atoms with Gasteiger partial charge in [0.15, 0.2) is 0 Å². The molecule has 1 aromatic rings. The summed E-state index contributed by atoms with van der Waals surface area (Å²) in [5.41, 5.74) is 3.38. The van der Waals surface area contributed by atoms with Gasteiger partial charge in [0.2, 0.25) is 0 Å². The Labute approximate surface area is 109 Å². The van der Waals surface area contributed by atoms with Crippen LogP contribution in [0.3, 0.4) is 0 Å². The van der Waals surface area contributed by atoms with Crippen molar-refractivity contribution in [2.24, 2.45) is 4.99 Å². The minimum Gasteiger partial charge on any atom is -0.357 e. The van der Waals surface area contributed by atoms with Gasteiger partial charge in [-0.3, -0.25) is 4.99 Å². The number of aliphatic imine (C=N–C) groups is 1. The van der Waals surface area contributed by atoms with Gasteiger partial charge in [-0.1, -0.05) is 24.6 Å². The lowest BCUT2D eigenvalue weighted by atomic mass is 10.0. The van der Waals surface area contributed by atoms with Gasteiger partial charge >= 0.3 is 0 Å². The summed E-state index contributed by atoms with van der Waals surface area (Å²) in [7, 11) is 0. The van der Waals surface area contributed by atoms with E-state index in [1.54, 1.807) is 0 Å². The minimum atomic E-state index is -0.0926. The van der Waals surface area contributed by atoms with Gasteiger partial charge in [0.1, 0.15) is 6.23 Å². The fourth-order valence-electron chi connectivity index (χ4n) is 1.80. The van der Waals surface area contributed by atoms with Crippen molar-refractivity contribution < 1.29 is 4.74 Å². The molecule has 3 heteroatoms. The third-order valence-corrected chi connectivity index (χ3v) is 2.81. The Morgan fingerprint density at radius 2 is 2.12 bits per heavy atom. The Morgan fingerprint density at radius 1 is 1.41 bits per heavy atom. The van der Waals surface area contributed by atoms with Crippen LogP contribution in [0.2, 0.25) is 5.02 Å². The van der Waals surface area contributed by atoms with E-state index in [0.717, 1.165) is 28.3 Å². The molecule has 0 fully saturated rings. The number of rotatable bonds is 5. The van der Waals surface area contributed by atoms with Gasteiger partial charge in [0.25, 0.3) is 0 Å². The third kappa shape index (κ3) is 4.14. The molecule has 1 unspecified atom stereocenters. The molecule has 0 aliphatic rings. The smallest absolute Gasteiger partial charge is 0.145 e. The standard InChI is InChI=1S/C14H20ClNO/c1-5-14(16-11(4)17-6-2)13-8-7-12(15)9-10(13)3/h7-9,11H,5-6H2,1-4H3/b16-14+. The molecule has 0 N–H and O–H groups in total. The zero-order chi connectivity index (χ0) is 12.8. The zero-order valence-electron chi connectivity index (χ0n) is 11.0. The first-order valence-corrected chi connectivity index (χ1v) is 6.41. The van der Waals surface area contributed by atoms with Gasteiger partial charge in [0, 0.05) is 17.3 Å². The van der Waals surface area contributed by atoms with Crippen molar-refractivity contribution in [1.82, 2.24) is 0 Å². The molecule has 0 radical (unpaired) electrons. The molecule has 2 nitrogen and oxygen atoms in total. The van der Waals surface area contributed by atoms with Gasteiger partial charge in [-0.25, -0.2) is 0 Å². The van der Waals surface area contributed by atoms with Gasteiger partial charge in [-0.15, -0.1) is 0 Å². The van der Waals surface area contributed by atoms with Crippen molar-refractivity contribution in [2.75, 3.05) is 6.61 Å². The second-order valence-corrected chi connectivity index (χ2v) is 4.38. The first kappa shape index (κ1) is 14.2. The van der Waals surface area contributed by atoms with Crippen LogP contribution in [0, 0.1) is 6.92 Å². The second-order valence-electron chi connectivity index (χ2n) is 3.94. The number of aryl methyl sites for hydroxylation is 1. The highest BCUT2D eigenvalue weighted by atomic mass is 35.5. The fourth-order valence-corrected chi connectivity index (χ4v) is 2.03. The number of hydrogen-bond acceptors (Lipinski definition) is 2. The highest BCUT2D eigenvalue weighted by Crippen LogP contribution is 2.17. The minimum absolute atomic E-state index is 0.0926. The summed E-state index contributed by atoms with van der Waals surface area (Å²) in [6, 6.07) is 5.90. The molecule has 1 aromatic carbocycles. The first-order chi connectivity index (χ1) is 8.08. The molecule has 0 spiro atoms. The van der Waals surface area contributed by atoms with Crippen molar-refractivity contribution >= 4 is 17.3 Å². The Balaban J connectivity index is 3.01. The van der Waals surface area contributed by atoms with Crippen molar-refractivity contribution in [2.45, 2.75) is 40.3 Å². The van der Waals surface area contributed by atoms with E-state index < -0.39 is 0 Å². The van der Waals surface area contributed by atoms with Crippen LogP contribution in [0.25, 0.3) is 0 Å². The van der Waals surface area contributed by atoms with Crippen LogP contribution in [0.4, 0.5) is 0 Å². The molecular weight excluding hydrogens is 234 g/mol. The molecule has 17 heavy (non-hydrogen) atoms. The van der Waals surface area contributed by atoms with E-state index in [-0.39, 0.29) is 6.23 Å². The summed E-state index contributed by atoms with van der Waals surface area (Å²) < 4.78 is 5.45. The number of hydrogen-bond donors (Lipinski definition) is 0. The number of ether oxygens (including phenoxy) is 1. The quantitative estimate of drug-likeness (QED) is 0.720. The molecule has 0 heterocycles. The van der Waals surface area contributed by atoms with Crippen molar-refractivity contribution in [3.8, 4) is 0 Å². The van der Waals surface area contributed by atoms with E-state index in [1.807, 2.05) is 32.0 Å². The Kier molecular flexibility index (Phi) is 5.66. The highest BCUT2D eigenvalue weighted by Gasteiger charge is 2.07. The normalized spacial score (nSPS) is 13.8. The first-order valence-electron chi connectivity index (χ1n) is 6.03. The summed E-state index contributed by atoms with van der Waals surface area (Å²) in [4.78, 5) is 4.60. The number of nitrogens with zero attached hydrogens (tertiary/aromatic N) is 1. The summed E-state index contributed by atoms with van der Waals surface area (Å²) in [6.07, 6.45) is 0.796. The zero-order valence-corrected chi connectivity index (χ0v) is 11.7. The summed E-state index contributed by atoms with van der Waals surface area (Å²) in [5, 5.41) is 0.763. The van der Waals surface area contributed by atoms with Crippen molar-refractivity contribution in [1.29, 1.82) is 0 Å². The van der Waals surface area contributed by atoms with Crippen LogP contribution in [-0.2, 0) is 4.74 Å². The van der Waals surface area contributed by atoms with Crippen molar-refractivity contribution in [3.63, 3.8) is 0 Å². The van der Waals surface area contributed by atoms with Crippen molar-refractivity contribution in [3.05, 3.63) is 34.3 Å². The molecule has 0 bridgehead atoms. The Hall–Kier alpha value is -0.860. The van der Waals surface area contributed by atoms with E-state index in [9.17, 15) is 0 Å². The molecule has 0 saturated carbocycles. The maximum Gasteiger partial charge on any atom is 0.145 e. The SMILES string of the molecule is CCOC(C)/N=C(\CC)c1ccc(Cl)cc1C. The van der Waals surface area contributed by atoms with E-state index >= 15 is 0 Å². The van der Waals surface area contributed by atoms with Gasteiger partial charge in [0.05, 0.1) is 0 Å². The van der Waals surface area contributed by atoms with Crippen LogP contribution in [0.15, 0.2) is 23.2 Å². The van der Waals surface area contributed by atoms with Crippen LogP contribution in [-0.4, -0.2) is 18.5 Å². The number of benzene rings is 1. The van der Waals surface area contributed by atoms with Gasteiger partial charge in [-0.2, -0.15) is 0 Å². The van der Waals surface area contributed by atoms with E-state index in [4.69, 9.17) is 16.3 Å². The largest absolute Gasteiger partial charge is 0.357 e. The highest BCUT2D eigenvalue weighted by molar-refractivity contribution is 6.30. The lowest BCUT2D eigenvalue weighted by Crippen LogP contribution is -2.11. The van der Waals surface area contributed by atoms with Crippen LogP contribution < -0.4 is 0 Å². The molecule has 0 amide bonds. The predicted molar refractivity (Wildman–Crippen MR) is 74.1 cm³/mol. The average molecular weight is 254 g/mol. The van der Waals surface area contributed by atoms with E-state index in [2.05, 4.69) is 18.8 Å². The Morgan fingerprint density at radius 3 is 2.65 bits per heavy atom. The molecular formula is C14H20ClNO. The second kappa shape index (κ2) is 6.77. The van der Waals surface area contributed by atoms with Crippen LogP contribution >= 0.6 is 11.6 Å². The predicted octanol–water partition coefficient (Wildman–Crippen LogP) is 4.23. The van der Waals surface area contributed by atoms with E-state index in [1.165, 1.54) is 0 Å². The molecule has 0 saturated heterocycles. The molecule has 1 atom stereocenters. The fraction of sp³-hybridized carbons (Fsp3) is 0.500. The van der Waals surface area contributed by atoms with Crippen LogP contribution in [0.5, 0.6) is 0 Å². The summed E-state index contributed by atoms with van der Waals surface area (Å²) in [6.45, 7) is 8.78. The lowest BCUT2D eigenvalue weighted by molar-refractivity contribution is 0.0831. The molecule has 0 aromatic heterocycles. The monoisotopic (exact) mass is 253 g/mol. The molecule has 0 aliphatic carbocycles. The third-order valence-electron chi connectivity index (χ3n) is 2.58. The molecule has 94 valence electrons. The lowest BCUT2D eigenvalue weighted by Gasteiger charge is -2.12. The van der Waals surface area contributed by atoms with Gasteiger partial charge in [-0.05, 0) is 50.5 Å². The van der Waals surface area contributed by atoms with Gasteiger partial charge < -0.3 is 4.74 Å². The topological polar surface area (TPSA) is 21.6 Å². The summed E-state index contributed by atoms with van der Waals surface area (Å²) >= 11 is 5.96. The maximum atomic E-state index is 5.96.